The fourth-order valence-corrected chi connectivity index (χ4v) is 3.95. The molecule has 2 rings (SSSR count). The third kappa shape index (κ3) is 3.61. The van der Waals surface area contributed by atoms with Crippen LogP contribution in [0.2, 0.25) is 5.02 Å². The van der Waals surface area contributed by atoms with Crippen LogP contribution in [0.4, 0.5) is 4.39 Å². The predicted molar refractivity (Wildman–Crippen MR) is 88.3 cm³/mol. The van der Waals surface area contributed by atoms with Crippen LogP contribution in [-0.2, 0) is 6.42 Å². The molecule has 1 nitrogen and oxygen atoms in total. The minimum absolute atomic E-state index is 0.147. The molecule has 1 aromatic carbocycles. The molecule has 5 heteroatoms. The topological polar surface area (TPSA) is 12.0 Å². The minimum atomic E-state index is -0.358. The summed E-state index contributed by atoms with van der Waals surface area (Å²) in [5, 5.41) is 3.67. The summed E-state index contributed by atoms with van der Waals surface area (Å²) >= 11 is 11.3. The Morgan fingerprint density at radius 1 is 1.45 bits per heavy atom. The van der Waals surface area contributed by atoms with Crippen molar-refractivity contribution in [2.45, 2.75) is 26.3 Å². The number of benzene rings is 1. The maximum Gasteiger partial charge on any atom is 0.142 e. The molecule has 0 aliphatic rings. The van der Waals surface area contributed by atoms with Gasteiger partial charge in [0.15, 0.2) is 0 Å². The molecule has 1 heterocycles. The first kappa shape index (κ1) is 16.0. The van der Waals surface area contributed by atoms with E-state index in [-0.39, 0.29) is 16.9 Å². The lowest BCUT2D eigenvalue weighted by Gasteiger charge is -2.17. The molecule has 0 spiro atoms. The van der Waals surface area contributed by atoms with E-state index < -0.39 is 0 Å². The fourth-order valence-electron chi connectivity index (χ4n) is 2.10. The number of hydrogen-bond donors (Lipinski definition) is 1. The van der Waals surface area contributed by atoms with Gasteiger partial charge in [-0.05, 0) is 59.1 Å². The minimum Gasteiger partial charge on any atom is -0.309 e. The number of nitrogens with one attached hydrogen (secondary N) is 1. The molecular formula is C15H16BrClFNS. The maximum atomic E-state index is 13.5. The van der Waals surface area contributed by atoms with Gasteiger partial charge in [0.2, 0.25) is 0 Å². The van der Waals surface area contributed by atoms with E-state index in [1.165, 1.54) is 16.5 Å². The van der Waals surface area contributed by atoms with Gasteiger partial charge in [-0.25, -0.2) is 4.39 Å². The van der Waals surface area contributed by atoms with Crippen LogP contribution in [0, 0.1) is 12.7 Å². The molecule has 20 heavy (non-hydrogen) atoms. The zero-order valence-electron chi connectivity index (χ0n) is 11.3. The largest absolute Gasteiger partial charge is 0.309 e. The summed E-state index contributed by atoms with van der Waals surface area (Å²) in [5.74, 6) is -0.358. The SMILES string of the molecule is CCNC(Cc1cccc(F)c1Cl)c1cc(C)c(Br)s1. The van der Waals surface area contributed by atoms with Crippen LogP contribution < -0.4 is 5.32 Å². The molecule has 0 radical (unpaired) electrons. The lowest BCUT2D eigenvalue weighted by Crippen LogP contribution is -2.22. The highest BCUT2D eigenvalue weighted by Gasteiger charge is 2.17. The van der Waals surface area contributed by atoms with Crippen molar-refractivity contribution < 1.29 is 4.39 Å². The number of halogens is 3. The summed E-state index contributed by atoms with van der Waals surface area (Å²) < 4.78 is 14.7. The highest BCUT2D eigenvalue weighted by Crippen LogP contribution is 2.34. The van der Waals surface area contributed by atoms with Gasteiger partial charge in [0.05, 0.1) is 8.81 Å². The molecule has 0 fully saturated rings. The summed E-state index contributed by atoms with van der Waals surface area (Å²) in [6, 6.07) is 7.28. The Balaban J connectivity index is 2.27. The highest BCUT2D eigenvalue weighted by atomic mass is 79.9. The smallest absolute Gasteiger partial charge is 0.142 e. The van der Waals surface area contributed by atoms with Gasteiger partial charge in [0.25, 0.3) is 0 Å². The molecule has 0 saturated heterocycles. The van der Waals surface area contributed by atoms with Crippen molar-refractivity contribution in [1.29, 1.82) is 0 Å². The van der Waals surface area contributed by atoms with Crippen molar-refractivity contribution >= 4 is 38.9 Å². The van der Waals surface area contributed by atoms with Crippen LogP contribution in [0.15, 0.2) is 28.1 Å². The Kier molecular flexibility index (Phi) is 5.61. The van der Waals surface area contributed by atoms with E-state index in [2.05, 4.69) is 41.2 Å². The molecule has 2 aromatic rings. The predicted octanol–water partition coefficient (Wildman–Crippen LogP) is 5.50. The Bertz CT molecular complexity index is 580. The van der Waals surface area contributed by atoms with Crippen molar-refractivity contribution in [3.05, 3.63) is 54.9 Å². The van der Waals surface area contributed by atoms with E-state index in [1.54, 1.807) is 17.4 Å². The number of thiophene rings is 1. The van der Waals surface area contributed by atoms with E-state index in [0.29, 0.717) is 6.42 Å². The number of likely N-dealkylation sites (N-methyl/N-ethyl adjacent to an activating group) is 1. The fraction of sp³-hybridized carbons (Fsp3) is 0.333. The van der Waals surface area contributed by atoms with Gasteiger partial charge >= 0.3 is 0 Å². The molecule has 1 N–H and O–H groups in total. The number of rotatable bonds is 5. The average Bonchev–Trinajstić information content (AvgIpc) is 2.74. The normalized spacial score (nSPS) is 12.7. The highest BCUT2D eigenvalue weighted by molar-refractivity contribution is 9.11. The Hall–Kier alpha value is -0.420. The van der Waals surface area contributed by atoms with Gasteiger partial charge in [-0.2, -0.15) is 0 Å². The van der Waals surface area contributed by atoms with E-state index in [4.69, 9.17) is 11.6 Å². The quantitative estimate of drug-likeness (QED) is 0.726. The molecule has 0 amide bonds. The van der Waals surface area contributed by atoms with Gasteiger partial charge in [0.1, 0.15) is 5.82 Å². The zero-order chi connectivity index (χ0) is 14.7. The van der Waals surface area contributed by atoms with Crippen LogP contribution in [0.3, 0.4) is 0 Å². The van der Waals surface area contributed by atoms with Gasteiger partial charge in [0, 0.05) is 10.9 Å². The molecule has 0 bridgehead atoms. The summed E-state index contributed by atoms with van der Waals surface area (Å²) in [6.07, 6.45) is 0.677. The van der Waals surface area contributed by atoms with Crippen LogP contribution in [0.25, 0.3) is 0 Å². The van der Waals surface area contributed by atoms with Gasteiger partial charge < -0.3 is 5.32 Å². The molecule has 1 unspecified atom stereocenters. The third-order valence-corrected chi connectivity index (χ3v) is 5.80. The number of aryl methyl sites for hydroxylation is 1. The lowest BCUT2D eigenvalue weighted by molar-refractivity contribution is 0.554. The van der Waals surface area contributed by atoms with Crippen LogP contribution in [0.5, 0.6) is 0 Å². The summed E-state index contributed by atoms with van der Waals surface area (Å²) in [6.45, 7) is 4.99. The second-order valence-corrected chi connectivity index (χ2v) is 7.41. The first-order valence-corrected chi connectivity index (χ1v) is 8.43. The van der Waals surface area contributed by atoms with Gasteiger partial charge in [-0.3, -0.25) is 0 Å². The molecule has 1 atom stereocenters. The Morgan fingerprint density at radius 3 is 2.80 bits per heavy atom. The van der Waals surface area contributed by atoms with Crippen molar-refractivity contribution in [2.75, 3.05) is 6.54 Å². The lowest BCUT2D eigenvalue weighted by atomic mass is 10.0. The third-order valence-electron chi connectivity index (χ3n) is 3.13. The Labute approximate surface area is 136 Å². The summed E-state index contributed by atoms with van der Waals surface area (Å²) in [7, 11) is 0. The summed E-state index contributed by atoms with van der Waals surface area (Å²) in [5.41, 5.74) is 2.05. The standard InChI is InChI=1S/C15H16BrClFNS/c1-3-19-12(13-7-9(2)15(16)20-13)8-10-5-4-6-11(18)14(10)17/h4-7,12,19H,3,8H2,1-2H3. The first-order valence-electron chi connectivity index (χ1n) is 6.45. The second kappa shape index (κ2) is 7.03. The van der Waals surface area contributed by atoms with E-state index >= 15 is 0 Å². The van der Waals surface area contributed by atoms with Gasteiger partial charge in [-0.15, -0.1) is 11.3 Å². The first-order chi connectivity index (χ1) is 9.52. The monoisotopic (exact) mass is 375 g/mol. The summed E-state index contributed by atoms with van der Waals surface area (Å²) in [4.78, 5) is 1.23. The van der Waals surface area contributed by atoms with Crippen LogP contribution in [-0.4, -0.2) is 6.54 Å². The van der Waals surface area contributed by atoms with E-state index in [1.807, 2.05) is 6.07 Å². The molecule has 0 aliphatic carbocycles. The Morgan fingerprint density at radius 2 is 2.20 bits per heavy atom. The zero-order valence-corrected chi connectivity index (χ0v) is 14.5. The van der Waals surface area contributed by atoms with E-state index in [9.17, 15) is 4.39 Å². The second-order valence-electron chi connectivity index (χ2n) is 4.63. The number of hydrogen-bond acceptors (Lipinski definition) is 2. The molecule has 1 aromatic heterocycles. The van der Waals surface area contributed by atoms with Crippen molar-refractivity contribution in [2.24, 2.45) is 0 Å². The van der Waals surface area contributed by atoms with Crippen molar-refractivity contribution in [1.82, 2.24) is 5.32 Å². The molecule has 108 valence electrons. The maximum absolute atomic E-state index is 13.5. The van der Waals surface area contributed by atoms with Crippen LogP contribution in [0.1, 0.15) is 29.0 Å². The molecular weight excluding hydrogens is 361 g/mol. The van der Waals surface area contributed by atoms with Crippen LogP contribution >= 0.6 is 38.9 Å². The molecule has 0 aliphatic heterocycles. The average molecular weight is 377 g/mol. The van der Waals surface area contributed by atoms with Gasteiger partial charge in [-0.1, -0.05) is 30.7 Å². The molecule has 0 saturated carbocycles. The van der Waals surface area contributed by atoms with Crippen molar-refractivity contribution in [3.8, 4) is 0 Å². The van der Waals surface area contributed by atoms with E-state index in [0.717, 1.165) is 15.9 Å². The van der Waals surface area contributed by atoms with Crippen molar-refractivity contribution in [3.63, 3.8) is 0 Å².